The van der Waals surface area contributed by atoms with Gasteiger partial charge in [0.2, 0.25) is 0 Å². The Morgan fingerprint density at radius 3 is 2.27 bits per heavy atom. The summed E-state index contributed by atoms with van der Waals surface area (Å²) in [4.78, 5) is 0. The lowest BCUT2D eigenvalue weighted by atomic mass is 10.9. The standard InChI is InChI=1S/C5H12O4PS/c1-3-9-10(6)5-11(7,8)4-2/h3-5H2,1-2H3/q+1. The Morgan fingerprint density at radius 2 is 1.91 bits per heavy atom. The summed E-state index contributed by atoms with van der Waals surface area (Å²) < 4.78 is 37.0. The Morgan fingerprint density at radius 1 is 1.36 bits per heavy atom. The van der Waals surface area contributed by atoms with E-state index in [-0.39, 0.29) is 17.9 Å². The molecule has 0 aliphatic rings. The van der Waals surface area contributed by atoms with Crippen molar-refractivity contribution in [2.45, 2.75) is 13.8 Å². The lowest BCUT2D eigenvalue weighted by Gasteiger charge is -1.88. The lowest BCUT2D eigenvalue weighted by molar-refractivity contribution is 0.353. The van der Waals surface area contributed by atoms with Gasteiger partial charge in [-0.15, -0.1) is 4.52 Å². The van der Waals surface area contributed by atoms with Crippen molar-refractivity contribution in [3.63, 3.8) is 0 Å². The van der Waals surface area contributed by atoms with Crippen molar-refractivity contribution < 1.29 is 17.5 Å². The smallest absolute Gasteiger partial charge is 0.224 e. The Bertz CT molecular complexity index is 221. The van der Waals surface area contributed by atoms with Gasteiger partial charge in [-0.1, -0.05) is 6.92 Å². The molecular formula is C5H12O4PS+. The van der Waals surface area contributed by atoms with Crippen LogP contribution in [0.3, 0.4) is 0 Å². The van der Waals surface area contributed by atoms with Gasteiger partial charge in [-0.05, 0) is 11.5 Å². The SMILES string of the molecule is CCO[P+](=O)CS(=O)(=O)CC. The Kier molecular flexibility index (Phi) is 4.81. The van der Waals surface area contributed by atoms with Crippen LogP contribution in [0, 0.1) is 0 Å². The van der Waals surface area contributed by atoms with Crippen LogP contribution in [0.15, 0.2) is 0 Å². The Hall–Kier alpha value is 0.01000. The van der Waals surface area contributed by atoms with Gasteiger partial charge >= 0.3 is 8.03 Å². The highest BCUT2D eigenvalue weighted by atomic mass is 32.2. The minimum absolute atomic E-state index is 0.0150. The van der Waals surface area contributed by atoms with E-state index in [1.807, 2.05) is 0 Å². The number of rotatable bonds is 5. The zero-order valence-corrected chi connectivity index (χ0v) is 8.32. The zero-order chi connectivity index (χ0) is 8.91. The van der Waals surface area contributed by atoms with Gasteiger partial charge in [0.15, 0.2) is 9.84 Å². The van der Waals surface area contributed by atoms with Crippen LogP contribution < -0.4 is 0 Å². The minimum atomic E-state index is -3.15. The van der Waals surface area contributed by atoms with E-state index in [0.29, 0.717) is 0 Å². The second-order valence-electron chi connectivity index (χ2n) is 1.91. The van der Waals surface area contributed by atoms with Crippen LogP contribution in [0.25, 0.3) is 0 Å². The van der Waals surface area contributed by atoms with Gasteiger partial charge in [0.25, 0.3) is 5.49 Å². The highest BCUT2D eigenvalue weighted by Gasteiger charge is 2.25. The first kappa shape index (κ1) is 11.0. The fourth-order valence-electron chi connectivity index (χ4n) is 0.433. The molecule has 0 saturated heterocycles. The van der Waals surface area contributed by atoms with Crippen molar-refractivity contribution in [1.82, 2.24) is 0 Å². The Balaban J connectivity index is 3.95. The van der Waals surface area contributed by atoms with Gasteiger partial charge in [-0.2, -0.15) is 0 Å². The van der Waals surface area contributed by atoms with E-state index in [2.05, 4.69) is 4.52 Å². The van der Waals surface area contributed by atoms with Gasteiger partial charge in [0, 0.05) is 0 Å². The van der Waals surface area contributed by atoms with Crippen molar-refractivity contribution in [3.8, 4) is 0 Å². The minimum Gasteiger partial charge on any atom is -0.224 e. The third kappa shape index (κ3) is 5.30. The summed E-state index contributed by atoms with van der Waals surface area (Å²) in [5.41, 5.74) is -0.354. The average molecular weight is 199 g/mol. The van der Waals surface area contributed by atoms with Crippen molar-refractivity contribution in [2.24, 2.45) is 0 Å². The summed E-state index contributed by atoms with van der Waals surface area (Å²) in [7, 11) is -5.16. The monoisotopic (exact) mass is 199 g/mol. The molecule has 0 heterocycles. The summed E-state index contributed by atoms with van der Waals surface area (Å²) in [6.45, 7) is 3.48. The first-order chi connectivity index (χ1) is 5.02. The first-order valence-corrected chi connectivity index (χ1v) is 6.48. The Labute approximate surface area is 67.7 Å². The number of hydrogen-bond donors (Lipinski definition) is 0. The molecule has 0 aromatic rings. The molecule has 0 radical (unpaired) electrons. The molecule has 0 aliphatic carbocycles. The summed E-state index contributed by atoms with van der Waals surface area (Å²) in [6, 6.07) is 0. The molecule has 6 heteroatoms. The molecule has 0 aromatic carbocycles. The molecule has 0 aromatic heterocycles. The van der Waals surface area contributed by atoms with Crippen molar-refractivity contribution in [1.29, 1.82) is 0 Å². The van der Waals surface area contributed by atoms with Gasteiger partial charge in [0.05, 0.1) is 12.4 Å². The molecule has 0 aliphatic heterocycles. The zero-order valence-electron chi connectivity index (χ0n) is 6.61. The highest BCUT2D eigenvalue weighted by molar-refractivity contribution is 7.96. The van der Waals surface area contributed by atoms with Crippen LogP contribution in [-0.4, -0.2) is 26.3 Å². The van der Waals surface area contributed by atoms with Crippen LogP contribution in [0.4, 0.5) is 0 Å². The normalized spacial score (nSPS) is 13.1. The van der Waals surface area contributed by atoms with Gasteiger partial charge in [0.1, 0.15) is 0 Å². The van der Waals surface area contributed by atoms with E-state index >= 15 is 0 Å². The van der Waals surface area contributed by atoms with E-state index in [9.17, 15) is 13.0 Å². The summed E-state index contributed by atoms with van der Waals surface area (Å²) >= 11 is 0. The predicted octanol–water partition coefficient (Wildman–Crippen LogP) is 1.16. The predicted molar refractivity (Wildman–Crippen MR) is 43.6 cm³/mol. The maximum Gasteiger partial charge on any atom is 0.524 e. The molecule has 4 nitrogen and oxygen atoms in total. The maximum atomic E-state index is 10.8. The fourth-order valence-corrected chi connectivity index (χ4v) is 3.03. The molecule has 0 amide bonds. The lowest BCUT2D eigenvalue weighted by Crippen LogP contribution is -2.05. The van der Waals surface area contributed by atoms with Crippen LogP contribution in [0.5, 0.6) is 0 Å². The summed E-state index contributed by atoms with van der Waals surface area (Å²) in [5, 5.41) is 0. The van der Waals surface area contributed by atoms with Crippen molar-refractivity contribution in [2.75, 3.05) is 17.9 Å². The first-order valence-electron chi connectivity index (χ1n) is 3.29. The molecule has 0 fully saturated rings. The van der Waals surface area contributed by atoms with E-state index in [4.69, 9.17) is 0 Å². The molecule has 0 rings (SSSR count). The molecule has 1 atom stereocenters. The average Bonchev–Trinajstić information content (AvgIpc) is 1.87. The molecule has 0 bridgehead atoms. The third-order valence-corrected chi connectivity index (χ3v) is 4.86. The quantitative estimate of drug-likeness (QED) is 0.623. The van der Waals surface area contributed by atoms with Crippen molar-refractivity contribution >= 4 is 17.9 Å². The largest absolute Gasteiger partial charge is 0.524 e. The molecule has 11 heavy (non-hydrogen) atoms. The van der Waals surface area contributed by atoms with E-state index in [0.717, 1.165) is 0 Å². The molecule has 0 N–H and O–H groups in total. The van der Waals surface area contributed by atoms with Crippen LogP contribution >= 0.6 is 8.03 Å². The molecule has 66 valence electrons. The van der Waals surface area contributed by atoms with Crippen LogP contribution in [-0.2, 0) is 18.9 Å². The molecule has 0 saturated carbocycles. The summed E-state index contributed by atoms with van der Waals surface area (Å²) in [5.74, 6) is 0.0150. The number of sulfone groups is 1. The van der Waals surface area contributed by atoms with E-state index in [1.165, 1.54) is 6.92 Å². The fraction of sp³-hybridized carbons (Fsp3) is 1.00. The second-order valence-corrected chi connectivity index (χ2v) is 5.93. The molecule has 1 unspecified atom stereocenters. The topological polar surface area (TPSA) is 60.4 Å². The van der Waals surface area contributed by atoms with Crippen LogP contribution in [0.2, 0.25) is 0 Å². The maximum absolute atomic E-state index is 10.8. The van der Waals surface area contributed by atoms with E-state index < -0.39 is 17.9 Å². The van der Waals surface area contributed by atoms with Crippen LogP contribution in [0.1, 0.15) is 13.8 Å². The number of hydrogen-bond acceptors (Lipinski definition) is 4. The van der Waals surface area contributed by atoms with E-state index in [1.54, 1.807) is 6.92 Å². The van der Waals surface area contributed by atoms with Gasteiger partial charge in [-0.25, -0.2) is 8.42 Å². The highest BCUT2D eigenvalue weighted by Crippen LogP contribution is 2.23. The van der Waals surface area contributed by atoms with Crippen molar-refractivity contribution in [3.05, 3.63) is 0 Å². The summed E-state index contributed by atoms with van der Waals surface area (Å²) in [6.07, 6.45) is 0. The van der Waals surface area contributed by atoms with Gasteiger partial charge in [-0.3, -0.25) is 0 Å². The second kappa shape index (κ2) is 4.80. The molecular weight excluding hydrogens is 187 g/mol. The molecule has 0 spiro atoms. The third-order valence-electron chi connectivity index (χ3n) is 1.02. The van der Waals surface area contributed by atoms with Gasteiger partial charge < -0.3 is 0 Å².